The molecular formula is C27H42O. The van der Waals surface area contributed by atoms with Gasteiger partial charge in [0.25, 0.3) is 0 Å². The number of hydrogen-bond acceptors (Lipinski definition) is 1. The Morgan fingerprint density at radius 1 is 1.14 bits per heavy atom. The van der Waals surface area contributed by atoms with Crippen molar-refractivity contribution >= 4 is 0 Å². The monoisotopic (exact) mass is 382 g/mol. The topological polar surface area (TPSA) is 20.2 Å². The fourth-order valence-corrected chi connectivity index (χ4v) is 9.79. The molecule has 4 saturated carbocycles. The molecule has 0 aromatic heterocycles. The van der Waals surface area contributed by atoms with Crippen LogP contribution in [0.15, 0.2) is 23.8 Å². The van der Waals surface area contributed by atoms with Crippen LogP contribution in [0.5, 0.6) is 0 Å². The van der Waals surface area contributed by atoms with Crippen LogP contribution in [0.4, 0.5) is 0 Å². The third-order valence-corrected chi connectivity index (χ3v) is 10.9. The molecule has 0 aliphatic heterocycles. The predicted molar refractivity (Wildman–Crippen MR) is 117 cm³/mol. The van der Waals surface area contributed by atoms with Crippen molar-refractivity contribution in [3.63, 3.8) is 0 Å². The van der Waals surface area contributed by atoms with Crippen molar-refractivity contribution in [1.29, 1.82) is 0 Å². The fraction of sp³-hybridized carbons (Fsp3) is 0.852. The number of allylic oxidation sites excluding steroid dienone is 3. The highest BCUT2D eigenvalue weighted by Gasteiger charge is 2.74. The smallest absolute Gasteiger partial charge is 0.0431 e. The molecular weight excluding hydrogens is 340 g/mol. The molecule has 2 spiro atoms. The minimum absolute atomic E-state index is 0.361. The van der Waals surface area contributed by atoms with E-state index in [1.54, 1.807) is 0 Å². The first-order valence-electron chi connectivity index (χ1n) is 12.2. The van der Waals surface area contributed by atoms with Gasteiger partial charge in [0.1, 0.15) is 0 Å². The Kier molecular flexibility index (Phi) is 4.15. The lowest BCUT2D eigenvalue weighted by atomic mass is 9.42. The van der Waals surface area contributed by atoms with Crippen LogP contribution in [0.2, 0.25) is 0 Å². The summed E-state index contributed by atoms with van der Waals surface area (Å²) in [4.78, 5) is 0. The molecule has 4 fully saturated rings. The molecule has 5 rings (SSSR count). The predicted octanol–water partition coefficient (Wildman–Crippen LogP) is 6.92. The summed E-state index contributed by atoms with van der Waals surface area (Å²) in [6.07, 6.45) is 16.3. The molecule has 5 aliphatic rings. The van der Waals surface area contributed by atoms with Crippen LogP contribution in [0.25, 0.3) is 0 Å². The van der Waals surface area contributed by atoms with E-state index in [0.29, 0.717) is 34.2 Å². The summed E-state index contributed by atoms with van der Waals surface area (Å²) in [5.41, 5.74) is 5.07. The van der Waals surface area contributed by atoms with Crippen molar-refractivity contribution in [2.75, 3.05) is 6.61 Å². The molecule has 6 atom stereocenters. The number of rotatable bonds is 3. The quantitative estimate of drug-likeness (QED) is 0.561. The molecule has 0 heterocycles. The molecule has 1 N–H and O–H groups in total. The molecule has 0 saturated heterocycles. The van der Waals surface area contributed by atoms with Gasteiger partial charge in [-0.05, 0) is 96.7 Å². The summed E-state index contributed by atoms with van der Waals surface area (Å²) in [6.45, 7) is 15.3. The standard InChI is InChI=1S/C27H42O/c1-18-15-21-25(5,23-22(18)24(23,3)4)19(2)26(11-6-7-12-26)17-27(21)13-10-20(16-27)9-8-14-28/h15,19-20,22-23,28H,1,6-14,16-17H2,2-5H3. The molecule has 156 valence electrons. The maximum Gasteiger partial charge on any atom is 0.0431 e. The van der Waals surface area contributed by atoms with Gasteiger partial charge in [-0.1, -0.05) is 64.3 Å². The molecule has 0 amide bonds. The zero-order valence-corrected chi connectivity index (χ0v) is 18.8. The Hall–Kier alpha value is -0.560. The van der Waals surface area contributed by atoms with E-state index in [-0.39, 0.29) is 0 Å². The first-order chi connectivity index (χ1) is 13.2. The van der Waals surface area contributed by atoms with Crippen LogP contribution in [-0.4, -0.2) is 11.7 Å². The zero-order valence-electron chi connectivity index (χ0n) is 18.8. The minimum atomic E-state index is 0.361. The summed E-state index contributed by atoms with van der Waals surface area (Å²) >= 11 is 0. The normalized spacial score (nSPS) is 47.9. The van der Waals surface area contributed by atoms with E-state index in [1.807, 2.05) is 5.57 Å². The van der Waals surface area contributed by atoms with Crippen LogP contribution < -0.4 is 0 Å². The second kappa shape index (κ2) is 5.99. The van der Waals surface area contributed by atoms with Crippen molar-refractivity contribution in [2.24, 2.45) is 45.3 Å². The Bertz CT molecular complexity index is 708. The van der Waals surface area contributed by atoms with Gasteiger partial charge in [0.2, 0.25) is 0 Å². The Labute approximate surface area is 173 Å². The molecule has 0 radical (unpaired) electrons. The van der Waals surface area contributed by atoms with Crippen LogP contribution in [-0.2, 0) is 0 Å². The number of aliphatic hydroxyl groups excluding tert-OH is 1. The van der Waals surface area contributed by atoms with Crippen molar-refractivity contribution in [2.45, 2.75) is 91.9 Å². The van der Waals surface area contributed by atoms with Gasteiger partial charge >= 0.3 is 0 Å². The average molecular weight is 383 g/mol. The van der Waals surface area contributed by atoms with E-state index in [0.717, 1.165) is 24.2 Å². The molecule has 28 heavy (non-hydrogen) atoms. The van der Waals surface area contributed by atoms with Crippen molar-refractivity contribution in [1.82, 2.24) is 0 Å². The third kappa shape index (κ3) is 2.29. The lowest BCUT2D eigenvalue weighted by molar-refractivity contribution is -0.0476. The Morgan fingerprint density at radius 2 is 1.86 bits per heavy atom. The molecule has 6 unspecified atom stereocenters. The van der Waals surface area contributed by atoms with Gasteiger partial charge in [0, 0.05) is 6.61 Å². The zero-order chi connectivity index (χ0) is 19.9. The van der Waals surface area contributed by atoms with E-state index in [4.69, 9.17) is 0 Å². The highest BCUT2D eigenvalue weighted by Crippen LogP contribution is 2.81. The molecule has 1 nitrogen and oxygen atoms in total. The molecule has 5 aliphatic carbocycles. The van der Waals surface area contributed by atoms with E-state index in [2.05, 4.69) is 40.3 Å². The number of fused-ring (bicyclic) bond motifs is 4. The first kappa shape index (κ1) is 19.4. The largest absolute Gasteiger partial charge is 0.396 e. The van der Waals surface area contributed by atoms with E-state index in [9.17, 15) is 5.11 Å². The summed E-state index contributed by atoms with van der Waals surface area (Å²) in [6, 6.07) is 0. The van der Waals surface area contributed by atoms with E-state index < -0.39 is 0 Å². The highest BCUT2D eigenvalue weighted by molar-refractivity contribution is 5.48. The van der Waals surface area contributed by atoms with Crippen LogP contribution >= 0.6 is 0 Å². The van der Waals surface area contributed by atoms with Gasteiger partial charge < -0.3 is 5.11 Å². The van der Waals surface area contributed by atoms with Gasteiger partial charge in [-0.15, -0.1) is 0 Å². The highest BCUT2D eigenvalue weighted by atomic mass is 16.2. The van der Waals surface area contributed by atoms with E-state index >= 15 is 0 Å². The third-order valence-electron chi connectivity index (χ3n) is 10.9. The Morgan fingerprint density at radius 3 is 2.54 bits per heavy atom. The van der Waals surface area contributed by atoms with Gasteiger partial charge in [-0.2, -0.15) is 0 Å². The van der Waals surface area contributed by atoms with E-state index in [1.165, 1.54) is 63.4 Å². The molecule has 0 bridgehead atoms. The second-order valence-corrected chi connectivity index (χ2v) is 12.4. The molecule has 0 aromatic rings. The van der Waals surface area contributed by atoms with Crippen LogP contribution in [0.3, 0.4) is 0 Å². The van der Waals surface area contributed by atoms with Gasteiger partial charge in [0.15, 0.2) is 0 Å². The summed E-state index contributed by atoms with van der Waals surface area (Å²) in [5, 5.41) is 9.37. The number of hydrogen-bond donors (Lipinski definition) is 1. The fourth-order valence-electron chi connectivity index (χ4n) is 9.79. The van der Waals surface area contributed by atoms with Crippen molar-refractivity contribution < 1.29 is 5.11 Å². The van der Waals surface area contributed by atoms with Gasteiger partial charge in [-0.25, -0.2) is 0 Å². The Balaban J connectivity index is 1.60. The summed E-state index contributed by atoms with van der Waals surface area (Å²) in [5.74, 6) is 3.14. The number of aliphatic hydroxyl groups is 1. The summed E-state index contributed by atoms with van der Waals surface area (Å²) in [7, 11) is 0. The van der Waals surface area contributed by atoms with Crippen molar-refractivity contribution in [3.05, 3.63) is 23.8 Å². The molecule has 1 heteroatoms. The first-order valence-corrected chi connectivity index (χ1v) is 12.2. The summed E-state index contributed by atoms with van der Waals surface area (Å²) < 4.78 is 0. The van der Waals surface area contributed by atoms with Crippen LogP contribution in [0, 0.1) is 45.3 Å². The lowest BCUT2D eigenvalue weighted by Gasteiger charge is -2.62. The maximum absolute atomic E-state index is 9.37. The average Bonchev–Trinajstić information content (AvgIpc) is 3.00. The second-order valence-electron chi connectivity index (χ2n) is 12.4. The van der Waals surface area contributed by atoms with Gasteiger partial charge in [-0.3, -0.25) is 0 Å². The van der Waals surface area contributed by atoms with Gasteiger partial charge in [0.05, 0.1) is 0 Å². The van der Waals surface area contributed by atoms with Crippen molar-refractivity contribution in [3.8, 4) is 0 Å². The lowest BCUT2D eigenvalue weighted by Crippen LogP contribution is -2.54. The van der Waals surface area contributed by atoms with Crippen LogP contribution in [0.1, 0.15) is 91.9 Å². The maximum atomic E-state index is 9.37. The minimum Gasteiger partial charge on any atom is -0.396 e. The molecule has 0 aromatic carbocycles. The SMILES string of the molecule is C=C1C=C2C3(CCC(CCCO)C3)CC3(CCCC3)C(C)C2(C)C2C1C2(C)C.